The van der Waals surface area contributed by atoms with Gasteiger partial charge in [-0.15, -0.1) is 5.10 Å². The van der Waals surface area contributed by atoms with Gasteiger partial charge < -0.3 is 0 Å². The standard InChI is InChI=1S/C16H12N4/c1-2-6-12(7-3-1)10-15-18-16-13-8-4-5-9-14(13)17-11-20(16)19-15/h1-9,11H,10H2. The highest BCUT2D eigenvalue weighted by Crippen LogP contribution is 2.16. The van der Waals surface area contributed by atoms with E-state index in [2.05, 4.69) is 27.2 Å². The van der Waals surface area contributed by atoms with Crippen molar-refractivity contribution in [3.05, 3.63) is 72.3 Å². The zero-order valence-electron chi connectivity index (χ0n) is 10.8. The molecule has 0 aliphatic carbocycles. The lowest BCUT2D eigenvalue weighted by Gasteiger charge is -1.96. The van der Waals surface area contributed by atoms with Crippen molar-refractivity contribution < 1.29 is 0 Å². The minimum atomic E-state index is 0.733. The van der Waals surface area contributed by atoms with Crippen molar-refractivity contribution in [1.29, 1.82) is 0 Å². The quantitative estimate of drug-likeness (QED) is 0.556. The van der Waals surface area contributed by atoms with Crippen molar-refractivity contribution in [3.8, 4) is 0 Å². The van der Waals surface area contributed by atoms with Gasteiger partial charge in [-0.2, -0.15) is 0 Å². The monoisotopic (exact) mass is 260 g/mol. The van der Waals surface area contributed by atoms with Crippen LogP contribution in [-0.4, -0.2) is 19.6 Å². The Balaban J connectivity index is 1.84. The third-order valence-corrected chi connectivity index (χ3v) is 3.33. The first-order valence-electron chi connectivity index (χ1n) is 6.53. The van der Waals surface area contributed by atoms with Crippen molar-refractivity contribution in [1.82, 2.24) is 19.6 Å². The predicted molar refractivity (Wildman–Crippen MR) is 77.5 cm³/mol. The SMILES string of the molecule is c1ccc(Cc2nc3c4ccccc4ncn3n2)cc1. The van der Waals surface area contributed by atoms with Crippen LogP contribution in [0.1, 0.15) is 11.4 Å². The molecule has 2 heterocycles. The molecule has 0 spiro atoms. The number of para-hydroxylation sites is 1. The lowest BCUT2D eigenvalue weighted by atomic mass is 10.1. The summed E-state index contributed by atoms with van der Waals surface area (Å²) in [4.78, 5) is 9.04. The summed E-state index contributed by atoms with van der Waals surface area (Å²) in [6.07, 6.45) is 2.45. The summed E-state index contributed by atoms with van der Waals surface area (Å²) in [5.41, 5.74) is 3.01. The number of hydrogen-bond acceptors (Lipinski definition) is 3. The number of rotatable bonds is 2. The van der Waals surface area contributed by atoms with Crippen molar-refractivity contribution in [3.63, 3.8) is 0 Å². The van der Waals surface area contributed by atoms with Crippen molar-refractivity contribution in [2.75, 3.05) is 0 Å². The molecule has 4 nitrogen and oxygen atoms in total. The lowest BCUT2D eigenvalue weighted by Crippen LogP contribution is -1.92. The van der Waals surface area contributed by atoms with Crippen LogP contribution in [0.2, 0.25) is 0 Å². The van der Waals surface area contributed by atoms with Crippen LogP contribution >= 0.6 is 0 Å². The maximum absolute atomic E-state index is 4.65. The molecule has 0 N–H and O–H groups in total. The molecule has 2 aromatic heterocycles. The first kappa shape index (κ1) is 11.1. The van der Waals surface area contributed by atoms with Gasteiger partial charge >= 0.3 is 0 Å². The van der Waals surface area contributed by atoms with Gasteiger partial charge in [0.1, 0.15) is 6.33 Å². The second-order valence-electron chi connectivity index (χ2n) is 4.72. The van der Waals surface area contributed by atoms with Gasteiger partial charge in [-0.3, -0.25) is 0 Å². The van der Waals surface area contributed by atoms with E-state index in [4.69, 9.17) is 0 Å². The van der Waals surface area contributed by atoms with Gasteiger partial charge in [0.25, 0.3) is 0 Å². The Bertz CT molecular complexity index is 881. The Labute approximate surface area is 115 Å². The summed E-state index contributed by atoms with van der Waals surface area (Å²) < 4.78 is 1.75. The van der Waals surface area contributed by atoms with Crippen molar-refractivity contribution in [2.45, 2.75) is 6.42 Å². The zero-order chi connectivity index (χ0) is 13.4. The number of aromatic nitrogens is 4. The van der Waals surface area contributed by atoms with Crippen LogP contribution in [-0.2, 0) is 6.42 Å². The van der Waals surface area contributed by atoms with E-state index < -0.39 is 0 Å². The average molecular weight is 260 g/mol. The summed E-state index contributed by atoms with van der Waals surface area (Å²) in [5, 5.41) is 5.53. The Hall–Kier alpha value is -2.75. The van der Waals surface area contributed by atoms with Crippen LogP contribution in [0.15, 0.2) is 60.9 Å². The summed E-state index contributed by atoms with van der Waals surface area (Å²) in [7, 11) is 0. The van der Waals surface area contributed by atoms with Gasteiger partial charge in [0.15, 0.2) is 11.5 Å². The van der Waals surface area contributed by atoms with E-state index in [1.165, 1.54) is 5.56 Å². The topological polar surface area (TPSA) is 43.1 Å². The summed E-state index contributed by atoms with van der Waals surface area (Å²) >= 11 is 0. The molecule has 96 valence electrons. The molecular weight excluding hydrogens is 248 g/mol. The fourth-order valence-corrected chi connectivity index (χ4v) is 2.38. The van der Waals surface area contributed by atoms with Crippen molar-refractivity contribution in [2.24, 2.45) is 0 Å². The second kappa shape index (κ2) is 4.42. The molecule has 2 aromatic carbocycles. The number of nitrogens with zero attached hydrogens (tertiary/aromatic N) is 4. The molecule has 0 aliphatic heterocycles. The first-order valence-corrected chi connectivity index (χ1v) is 6.53. The van der Waals surface area contributed by atoms with E-state index in [9.17, 15) is 0 Å². The number of benzene rings is 2. The molecule has 0 atom stereocenters. The molecule has 20 heavy (non-hydrogen) atoms. The highest BCUT2D eigenvalue weighted by atomic mass is 15.3. The molecule has 0 unspecified atom stereocenters. The van der Waals surface area contributed by atoms with Gasteiger partial charge in [-0.25, -0.2) is 14.5 Å². The maximum atomic E-state index is 4.65. The van der Waals surface area contributed by atoms with Gasteiger partial charge in [0, 0.05) is 11.8 Å². The Kier molecular flexibility index (Phi) is 2.45. The normalized spacial score (nSPS) is 11.2. The van der Waals surface area contributed by atoms with Crippen LogP contribution in [0.25, 0.3) is 16.6 Å². The smallest absolute Gasteiger partial charge is 0.166 e. The number of hydrogen-bond donors (Lipinski definition) is 0. The van der Waals surface area contributed by atoms with Crippen molar-refractivity contribution >= 4 is 16.6 Å². The largest absolute Gasteiger partial charge is 0.236 e. The molecule has 0 saturated heterocycles. The average Bonchev–Trinajstić information content (AvgIpc) is 2.91. The third-order valence-electron chi connectivity index (χ3n) is 3.33. The fourth-order valence-electron chi connectivity index (χ4n) is 2.38. The van der Waals surface area contributed by atoms with Crippen LogP contribution in [0, 0.1) is 0 Å². The summed E-state index contributed by atoms with van der Waals surface area (Å²) in [6, 6.07) is 18.2. The van der Waals surface area contributed by atoms with Gasteiger partial charge in [-0.05, 0) is 17.7 Å². The fraction of sp³-hybridized carbons (Fsp3) is 0.0625. The van der Waals surface area contributed by atoms with Gasteiger partial charge in [0.2, 0.25) is 0 Å². The molecule has 4 heteroatoms. The van der Waals surface area contributed by atoms with E-state index in [0.29, 0.717) is 0 Å². The summed E-state index contributed by atoms with van der Waals surface area (Å²) in [6.45, 7) is 0. The van der Waals surface area contributed by atoms with E-state index in [1.807, 2.05) is 42.5 Å². The van der Waals surface area contributed by atoms with Gasteiger partial charge in [-0.1, -0.05) is 42.5 Å². The van der Waals surface area contributed by atoms with E-state index in [-0.39, 0.29) is 0 Å². The number of fused-ring (bicyclic) bond motifs is 3. The predicted octanol–water partition coefficient (Wildman–Crippen LogP) is 2.87. The van der Waals surface area contributed by atoms with Crippen LogP contribution in [0.5, 0.6) is 0 Å². The minimum absolute atomic E-state index is 0.733. The lowest BCUT2D eigenvalue weighted by molar-refractivity contribution is 0.884. The molecule has 0 saturated carbocycles. The molecule has 0 bridgehead atoms. The first-order chi connectivity index (χ1) is 9.90. The third kappa shape index (κ3) is 1.82. The maximum Gasteiger partial charge on any atom is 0.166 e. The molecule has 4 rings (SSSR count). The van der Waals surface area contributed by atoms with E-state index >= 15 is 0 Å². The summed E-state index contributed by atoms with van der Waals surface area (Å²) in [5.74, 6) is 0.814. The Morgan fingerprint density at radius 2 is 1.70 bits per heavy atom. The zero-order valence-corrected chi connectivity index (χ0v) is 10.8. The highest BCUT2D eigenvalue weighted by molar-refractivity contribution is 5.90. The van der Waals surface area contributed by atoms with Crippen LogP contribution < -0.4 is 0 Å². The van der Waals surface area contributed by atoms with Gasteiger partial charge in [0.05, 0.1) is 5.52 Å². The molecule has 0 aliphatic rings. The second-order valence-corrected chi connectivity index (χ2v) is 4.72. The molecule has 0 fully saturated rings. The minimum Gasteiger partial charge on any atom is -0.236 e. The molecule has 4 aromatic rings. The van der Waals surface area contributed by atoms with E-state index in [1.54, 1.807) is 10.8 Å². The van der Waals surface area contributed by atoms with E-state index in [0.717, 1.165) is 28.8 Å². The molecule has 0 radical (unpaired) electrons. The Morgan fingerprint density at radius 1 is 0.900 bits per heavy atom. The Morgan fingerprint density at radius 3 is 2.60 bits per heavy atom. The van der Waals surface area contributed by atoms with Crippen LogP contribution in [0.4, 0.5) is 0 Å². The van der Waals surface area contributed by atoms with Crippen LogP contribution in [0.3, 0.4) is 0 Å². The molecular formula is C16H12N4. The molecule has 0 amide bonds. The highest BCUT2D eigenvalue weighted by Gasteiger charge is 2.08.